The van der Waals surface area contributed by atoms with Crippen LogP contribution in [-0.2, 0) is 6.42 Å². The molecule has 37 heavy (non-hydrogen) atoms. The molecule has 0 aliphatic heterocycles. The maximum absolute atomic E-state index is 11.6. The number of halogens is 1. The number of fused-ring (bicyclic) bond motifs is 1. The van der Waals surface area contributed by atoms with Crippen LogP contribution < -0.4 is 0 Å². The highest BCUT2D eigenvalue weighted by Crippen LogP contribution is 2.33. The highest BCUT2D eigenvalue weighted by Gasteiger charge is 2.19. The lowest BCUT2D eigenvalue weighted by Crippen LogP contribution is -1.97. The predicted octanol–water partition coefficient (Wildman–Crippen LogP) is 7.72. The SMILES string of the molecule is Cc1ccc(-c2nc3cc(N=Cc4cc(Cc5ccccc5Cl)cc([N+](=O)[O-])c4O)ccc3o2)cc1C. The van der Waals surface area contributed by atoms with Crippen LogP contribution in [0.3, 0.4) is 0 Å². The summed E-state index contributed by atoms with van der Waals surface area (Å²) in [5.74, 6) is 0.0657. The maximum Gasteiger partial charge on any atom is 0.311 e. The van der Waals surface area contributed by atoms with E-state index in [2.05, 4.69) is 9.98 Å². The topological polar surface area (TPSA) is 102 Å². The standard InChI is InChI=1S/C29H22ClN3O4/c1-17-7-8-21(11-18(17)2)29-32-25-15-23(9-10-27(25)37-29)31-16-22-13-19(14-26(28(22)34)33(35)36)12-20-5-3-4-6-24(20)30/h3-11,13-16,34H,12H2,1-2H3. The molecule has 7 nitrogen and oxygen atoms in total. The van der Waals surface area contributed by atoms with Crippen LogP contribution in [0, 0.1) is 24.0 Å². The first-order valence-electron chi connectivity index (χ1n) is 11.5. The molecule has 0 amide bonds. The molecular weight excluding hydrogens is 490 g/mol. The van der Waals surface area contributed by atoms with Crippen LogP contribution in [0.1, 0.15) is 27.8 Å². The largest absolute Gasteiger partial charge is 0.502 e. The number of phenols is 1. The number of benzene rings is 4. The molecule has 0 aliphatic rings. The molecule has 1 heterocycles. The van der Waals surface area contributed by atoms with E-state index in [-0.39, 0.29) is 5.56 Å². The van der Waals surface area contributed by atoms with E-state index in [0.29, 0.717) is 39.7 Å². The molecule has 0 atom stereocenters. The van der Waals surface area contributed by atoms with Crippen LogP contribution in [0.2, 0.25) is 5.02 Å². The zero-order chi connectivity index (χ0) is 26.1. The molecule has 8 heteroatoms. The molecule has 1 N–H and O–H groups in total. The van der Waals surface area contributed by atoms with Gasteiger partial charge in [0, 0.05) is 28.4 Å². The van der Waals surface area contributed by atoms with E-state index in [1.165, 1.54) is 17.8 Å². The van der Waals surface area contributed by atoms with Gasteiger partial charge in [0.2, 0.25) is 11.6 Å². The van der Waals surface area contributed by atoms with Crippen LogP contribution in [-0.4, -0.2) is 21.2 Å². The number of hydrogen-bond donors (Lipinski definition) is 1. The van der Waals surface area contributed by atoms with Crippen LogP contribution in [0.25, 0.3) is 22.6 Å². The Labute approximate surface area is 217 Å². The highest BCUT2D eigenvalue weighted by molar-refractivity contribution is 6.31. The van der Waals surface area contributed by atoms with E-state index in [1.807, 2.05) is 50.2 Å². The van der Waals surface area contributed by atoms with Gasteiger partial charge in [-0.05, 0) is 85.0 Å². The number of nitrogens with zero attached hydrogens (tertiary/aromatic N) is 3. The molecule has 184 valence electrons. The van der Waals surface area contributed by atoms with Crippen molar-refractivity contribution < 1.29 is 14.4 Å². The molecule has 0 unspecified atom stereocenters. The number of aromatic hydroxyl groups is 1. The average molecular weight is 512 g/mol. The second-order valence-corrected chi connectivity index (χ2v) is 9.21. The molecule has 5 aromatic rings. The van der Waals surface area contributed by atoms with Gasteiger partial charge in [-0.2, -0.15) is 0 Å². The Bertz CT molecular complexity index is 1690. The summed E-state index contributed by atoms with van der Waals surface area (Å²) in [5.41, 5.74) is 6.32. The number of phenolic OH excluding ortho intramolecular Hbond substituents is 1. The van der Waals surface area contributed by atoms with E-state index < -0.39 is 16.4 Å². The van der Waals surface area contributed by atoms with Crippen molar-refractivity contribution in [2.45, 2.75) is 20.3 Å². The van der Waals surface area contributed by atoms with E-state index in [0.717, 1.165) is 16.7 Å². The molecule has 0 saturated carbocycles. The van der Waals surface area contributed by atoms with Gasteiger partial charge in [-0.3, -0.25) is 15.1 Å². The second kappa shape index (κ2) is 9.87. The molecule has 0 fully saturated rings. The maximum atomic E-state index is 11.6. The van der Waals surface area contributed by atoms with Crippen molar-refractivity contribution in [1.82, 2.24) is 4.98 Å². The zero-order valence-electron chi connectivity index (χ0n) is 20.1. The van der Waals surface area contributed by atoms with Gasteiger partial charge in [-0.25, -0.2) is 4.98 Å². The van der Waals surface area contributed by atoms with Gasteiger partial charge in [0.1, 0.15) is 5.52 Å². The van der Waals surface area contributed by atoms with Gasteiger partial charge >= 0.3 is 5.69 Å². The number of oxazole rings is 1. The van der Waals surface area contributed by atoms with E-state index in [4.69, 9.17) is 16.0 Å². The third-order valence-corrected chi connectivity index (χ3v) is 6.57. The fourth-order valence-corrected chi connectivity index (χ4v) is 4.24. The third-order valence-electron chi connectivity index (χ3n) is 6.21. The molecule has 0 saturated heterocycles. The van der Waals surface area contributed by atoms with Crippen LogP contribution in [0.15, 0.2) is 82.2 Å². The van der Waals surface area contributed by atoms with Crippen molar-refractivity contribution in [3.8, 4) is 17.2 Å². The molecule has 5 rings (SSSR count). The van der Waals surface area contributed by atoms with Crippen LogP contribution in [0.5, 0.6) is 5.75 Å². The predicted molar refractivity (Wildman–Crippen MR) is 145 cm³/mol. The Morgan fingerprint density at radius 1 is 1.05 bits per heavy atom. The first-order valence-corrected chi connectivity index (χ1v) is 11.9. The zero-order valence-corrected chi connectivity index (χ0v) is 20.9. The van der Waals surface area contributed by atoms with E-state index in [1.54, 1.807) is 30.3 Å². The van der Waals surface area contributed by atoms with Crippen molar-refractivity contribution in [2.24, 2.45) is 4.99 Å². The Kier molecular flexibility index (Phi) is 6.46. The summed E-state index contributed by atoms with van der Waals surface area (Å²) >= 11 is 6.27. The number of rotatable bonds is 6. The number of aliphatic imine (C=N–C) groups is 1. The molecular formula is C29H22ClN3O4. The summed E-state index contributed by atoms with van der Waals surface area (Å²) in [7, 11) is 0. The molecule has 0 aliphatic carbocycles. The molecule has 0 bridgehead atoms. The summed E-state index contributed by atoms with van der Waals surface area (Å²) in [5, 5.41) is 22.7. The first-order chi connectivity index (χ1) is 17.8. The van der Waals surface area contributed by atoms with Crippen LogP contribution in [0.4, 0.5) is 11.4 Å². The lowest BCUT2D eigenvalue weighted by Gasteiger charge is -2.07. The number of hydrogen-bond acceptors (Lipinski definition) is 6. The Balaban J connectivity index is 1.47. The summed E-state index contributed by atoms with van der Waals surface area (Å²) in [4.78, 5) is 20.0. The summed E-state index contributed by atoms with van der Waals surface area (Å²) in [6.07, 6.45) is 1.78. The monoisotopic (exact) mass is 511 g/mol. The molecule has 4 aromatic carbocycles. The third kappa shape index (κ3) is 5.08. The number of aryl methyl sites for hydroxylation is 2. The fraction of sp³-hybridized carbons (Fsp3) is 0.103. The van der Waals surface area contributed by atoms with E-state index in [9.17, 15) is 15.2 Å². The quantitative estimate of drug-likeness (QED) is 0.143. The van der Waals surface area contributed by atoms with Gasteiger partial charge in [0.25, 0.3) is 0 Å². The number of nitro benzene ring substituents is 1. The Morgan fingerprint density at radius 3 is 2.62 bits per heavy atom. The Hall–Kier alpha value is -4.49. The number of nitro groups is 1. The van der Waals surface area contributed by atoms with Gasteiger partial charge in [0.15, 0.2) is 5.58 Å². The summed E-state index contributed by atoms with van der Waals surface area (Å²) in [6, 6.07) is 21.6. The van der Waals surface area contributed by atoms with Crippen molar-refractivity contribution in [1.29, 1.82) is 0 Å². The van der Waals surface area contributed by atoms with Crippen molar-refractivity contribution in [3.05, 3.63) is 116 Å². The second-order valence-electron chi connectivity index (χ2n) is 8.81. The molecule has 0 radical (unpaired) electrons. The van der Waals surface area contributed by atoms with Crippen LogP contribution >= 0.6 is 11.6 Å². The average Bonchev–Trinajstić information content (AvgIpc) is 3.30. The van der Waals surface area contributed by atoms with Crippen molar-refractivity contribution in [2.75, 3.05) is 0 Å². The molecule has 1 aromatic heterocycles. The molecule has 0 spiro atoms. The fourth-order valence-electron chi connectivity index (χ4n) is 4.04. The minimum Gasteiger partial charge on any atom is -0.502 e. The lowest BCUT2D eigenvalue weighted by molar-refractivity contribution is -0.385. The summed E-state index contributed by atoms with van der Waals surface area (Å²) in [6.45, 7) is 4.09. The lowest BCUT2D eigenvalue weighted by atomic mass is 10.0. The smallest absolute Gasteiger partial charge is 0.311 e. The van der Waals surface area contributed by atoms with Gasteiger partial charge in [-0.1, -0.05) is 35.9 Å². The van der Waals surface area contributed by atoms with Gasteiger partial charge in [0.05, 0.1) is 10.6 Å². The van der Waals surface area contributed by atoms with Gasteiger partial charge in [-0.15, -0.1) is 0 Å². The minimum absolute atomic E-state index is 0.229. The highest BCUT2D eigenvalue weighted by atomic mass is 35.5. The Morgan fingerprint density at radius 2 is 1.86 bits per heavy atom. The van der Waals surface area contributed by atoms with Crippen molar-refractivity contribution in [3.63, 3.8) is 0 Å². The first kappa shape index (κ1) is 24.2. The minimum atomic E-state index is -0.613. The number of aromatic nitrogens is 1. The van der Waals surface area contributed by atoms with Gasteiger partial charge < -0.3 is 9.52 Å². The van der Waals surface area contributed by atoms with Crippen molar-refractivity contribution >= 4 is 40.3 Å². The summed E-state index contributed by atoms with van der Waals surface area (Å²) < 4.78 is 5.92. The normalized spacial score (nSPS) is 11.4. The van der Waals surface area contributed by atoms with E-state index >= 15 is 0 Å².